The van der Waals surface area contributed by atoms with Crippen molar-refractivity contribution in [2.24, 2.45) is 0 Å². The van der Waals surface area contributed by atoms with E-state index in [0.29, 0.717) is 12.0 Å². The number of nitrogens with one attached hydrogen (secondary N) is 2. The Bertz CT molecular complexity index is 671. The van der Waals surface area contributed by atoms with Crippen molar-refractivity contribution in [3.8, 4) is 0 Å². The van der Waals surface area contributed by atoms with Gasteiger partial charge in [0.25, 0.3) is 5.91 Å². The fourth-order valence-corrected chi connectivity index (χ4v) is 4.17. The lowest BCUT2D eigenvalue weighted by Crippen LogP contribution is -2.39. The van der Waals surface area contributed by atoms with Crippen LogP contribution in [-0.4, -0.2) is 30.0 Å². The predicted octanol–water partition coefficient (Wildman–Crippen LogP) is 2.66. The topological polar surface area (TPSA) is 54.0 Å². The van der Waals surface area contributed by atoms with Crippen molar-refractivity contribution in [3.63, 3.8) is 0 Å². The summed E-state index contributed by atoms with van der Waals surface area (Å²) in [6.45, 7) is 2.05. The van der Waals surface area contributed by atoms with Crippen LogP contribution in [0.3, 0.4) is 0 Å². The third kappa shape index (κ3) is 2.56. The van der Waals surface area contributed by atoms with E-state index in [1.54, 1.807) is 11.3 Å². The molecule has 4 rings (SSSR count). The van der Waals surface area contributed by atoms with Gasteiger partial charge in [-0.3, -0.25) is 4.79 Å². The average molecular weight is 301 g/mol. The molecule has 0 spiro atoms. The van der Waals surface area contributed by atoms with E-state index in [2.05, 4.69) is 15.6 Å². The van der Waals surface area contributed by atoms with Gasteiger partial charge in [-0.2, -0.15) is 0 Å². The van der Waals surface area contributed by atoms with Gasteiger partial charge in [0.05, 0.1) is 15.2 Å². The molecule has 1 aromatic heterocycles. The molecular weight excluding hydrogens is 282 g/mol. The summed E-state index contributed by atoms with van der Waals surface area (Å²) in [5, 5.41) is 7.62. The van der Waals surface area contributed by atoms with E-state index in [-0.39, 0.29) is 5.91 Å². The molecule has 0 radical (unpaired) electrons. The van der Waals surface area contributed by atoms with Gasteiger partial charge in [-0.25, -0.2) is 4.98 Å². The zero-order valence-corrected chi connectivity index (χ0v) is 12.7. The number of amides is 1. The standard InChI is InChI=1S/C16H19N3OS/c20-15(18-12-3-1-2-4-12)10-5-6-13-14(7-10)21-16(19-13)11-8-17-9-11/h5-7,11-12,17H,1-4,8-9H2,(H,18,20). The van der Waals surface area contributed by atoms with Crippen molar-refractivity contribution in [2.45, 2.75) is 37.6 Å². The van der Waals surface area contributed by atoms with Gasteiger partial charge in [0.15, 0.2) is 0 Å². The molecule has 5 heteroatoms. The van der Waals surface area contributed by atoms with Crippen molar-refractivity contribution in [3.05, 3.63) is 28.8 Å². The van der Waals surface area contributed by atoms with Crippen molar-refractivity contribution in [1.82, 2.24) is 15.6 Å². The fraction of sp³-hybridized carbons (Fsp3) is 0.500. The number of carbonyl (C=O) groups is 1. The third-order valence-electron chi connectivity index (χ3n) is 4.49. The monoisotopic (exact) mass is 301 g/mol. The van der Waals surface area contributed by atoms with Gasteiger partial charge in [-0.15, -0.1) is 11.3 Å². The second-order valence-electron chi connectivity index (χ2n) is 6.04. The highest BCUT2D eigenvalue weighted by molar-refractivity contribution is 7.18. The molecule has 1 aliphatic heterocycles. The molecule has 1 saturated heterocycles. The number of hydrogen-bond acceptors (Lipinski definition) is 4. The van der Waals surface area contributed by atoms with Gasteiger partial charge in [0.2, 0.25) is 0 Å². The van der Waals surface area contributed by atoms with E-state index in [1.165, 1.54) is 17.8 Å². The zero-order chi connectivity index (χ0) is 14.2. The predicted molar refractivity (Wildman–Crippen MR) is 85.0 cm³/mol. The average Bonchev–Trinajstić information content (AvgIpc) is 3.04. The largest absolute Gasteiger partial charge is 0.349 e. The molecule has 2 fully saturated rings. The summed E-state index contributed by atoms with van der Waals surface area (Å²) in [7, 11) is 0. The van der Waals surface area contributed by atoms with Gasteiger partial charge in [0.1, 0.15) is 0 Å². The second kappa shape index (κ2) is 5.39. The van der Waals surface area contributed by atoms with Gasteiger partial charge >= 0.3 is 0 Å². The number of carbonyl (C=O) groups excluding carboxylic acids is 1. The van der Waals surface area contributed by atoms with Crippen molar-refractivity contribution >= 4 is 27.5 Å². The number of nitrogens with zero attached hydrogens (tertiary/aromatic N) is 1. The van der Waals surface area contributed by atoms with Crippen molar-refractivity contribution < 1.29 is 4.79 Å². The first-order valence-electron chi connectivity index (χ1n) is 7.72. The molecule has 2 aliphatic rings. The molecule has 2 heterocycles. The first-order valence-corrected chi connectivity index (χ1v) is 8.53. The molecule has 2 N–H and O–H groups in total. The quantitative estimate of drug-likeness (QED) is 0.916. The lowest BCUT2D eigenvalue weighted by atomic mass is 10.1. The van der Waals surface area contributed by atoms with Crippen LogP contribution in [0.5, 0.6) is 0 Å². The molecule has 1 saturated carbocycles. The van der Waals surface area contributed by atoms with E-state index in [1.807, 2.05) is 18.2 Å². The second-order valence-corrected chi connectivity index (χ2v) is 7.11. The molecule has 0 atom stereocenters. The minimum absolute atomic E-state index is 0.0593. The molecule has 2 aromatic rings. The van der Waals surface area contributed by atoms with Crippen LogP contribution in [0.25, 0.3) is 10.2 Å². The Morgan fingerprint density at radius 1 is 1.29 bits per heavy atom. The number of aromatic nitrogens is 1. The van der Waals surface area contributed by atoms with Gasteiger partial charge in [0, 0.05) is 30.6 Å². The van der Waals surface area contributed by atoms with Crippen LogP contribution in [0.4, 0.5) is 0 Å². The first kappa shape index (κ1) is 13.2. The van der Waals surface area contributed by atoms with Crippen LogP contribution in [0.2, 0.25) is 0 Å². The summed E-state index contributed by atoms with van der Waals surface area (Å²) in [4.78, 5) is 17.0. The van der Waals surface area contributed by atoms with Crippen LogP contribution in [0.1, 0.15) is 47.0 Å². The maximum atomic E-state index is 12.3. The van der Waals surface area contributed by atoms with E-state index in [0.717, 1.165) is 41.7 Å². The van der Waals surface area contributed by atoms with E-state index < -0.39 is 0 Å². The number of benzene rings is 1. The highest BCUT2D eigenvalue weighted by Gasteiger charge is 2.23. The molecule has 1 amide bonds. The van der Waals surface area contributed by atoms with Crippen molar-refractivity contribution in [1.29, 1.82) is 0 Å². The van der Waals surface area contributed by atoms with Gasteiger partial charge in [-0.1, -0.05) is 12.8 Å². The molecule has 0 bridgehead atoms. The van der Waals surface area contributed by atoms with Crippen LogP contribution < -0.4 is 10.6 Å². The third-order valence-corrected chi connectivity index (χ3v) is 5.67. The Morgan fingerprint density at radius 3 is 2.81 bits per heavy atom. The lowest BCUT2D eigenvalue weighted by Gasteiger charge is -2.24. The summed E-state index contributed by atoms with van der Waals surface area (Å²) in [5.41, 5.74) is 1.77. The molecule has 1 aromatic carbocycles. The summed E-state index contributed by atoms with van der Waals surface area (Å²) < 4.78 is 1.12. The smallest absolute Gasteiger partial charge is 0.251 e. The molecular formula is C16H19N3OS. The van der Waals surface area contributed by atoms with Crippen LogP contribution in [-0.2, 0) is 0 Å². The Balaban J connectivity index is 1.55. The normalized spacial score (nSPS) is 19.8. The zero-order valence-electron chi connectivity index (χ0n) is 11.9. The first-order chi connectivity index (χ1) is 10.3. The van der Waals surface area contributed by atoms with Crippen molar-refractivity contribution in [2.75, 3.05) is 13.1 Å². The summed E-state index contributed by atoms with van der Waals surface area (Å²) in [6, 6.07) is 6.23. The Kier molecular flexibility index (Phi) is 3.39. The highest BCUT2D eigenvalue weighted by Crippen LogP contribution is 2.30. The Morgan fingerprint density at radius 2 is 2.10 bits per heavy atom. The number of fused-ring (bicyclic) bond motifs is 1. The van der Waals surface area contributed by atoms with E-state index in [4.69, 9.17) is 0 Å². The Labute approximate surface area is 128 Å². The van der Waals surface area contributed by atoms with E-state index >= 15 is 0 Å². The summed E-state index contributed by atoms with van der Waals surface area (Å²) in [5.74, 6) is 0.613. The number of hydrogen-bond donors (Lipinski definition) is 2. The van der Waals surface area contributed by atoms with Gasteiger partial charge in [-0.05, 0) is 31.0 Å². The molecule has 1 aliphatic carbocycles. The molecule has 21 heavy (non-hydrogen) atoms. The maximum absolute atomic E-state index is 12.3. The highest BCUT2D eigenvalue weighted by atomic mass is 32.1. The van der Waals surface area contributed by atoms with Crippen LogP contribution in [0, 0.1) is 0 Å². The number of rotatable bonds is 3. The van der Waals surface area contributed by atoms with Gasteiger partial charge < -0.3 is 10.6 Å². The lowest BCUT2D eigenvalue weighted by molar-refractivity contribution is 0.0938. The SMILES string of the molecule is O=C(NC1CCCC1)c1ccc2nc(C3CNC3)sc2c1. The van der Waals surface area contributed by atoms with E-state index in [9.17, 15) is 4.79 Å². The summed E-state index contributed by atoms with van der Waals surface area (Å²) in [6.07, 6.45) is 4.70. The minimum atomic E-state index is 0.0593. The maximum Gasteiger partial charge on any atom is 0.251 e. The minimum Gasteiger partial charge on any atom is -0.349 e. The number of thiazole rings is 1. The van der Waals surface area contributed by atoms with Crippen LogP contribution >= 0.6 is 11.3 Å². The molecule has 0 unspecified atom stereocenters. The molecule has 4 nitrogen and oxygen atoms in total. The van der Waals surface area contributed by atoms with Crippen LogP contribution in [0.15, 0.2) is 18.2 Å². The molecule has 110 valence electrons. The summed E-state index contributed by atoms with van der Waals surface area (Å²) >= 11 is 1.72. The fourth-order valence-electron chi connectivity index (χ4n) is 3.06. The Hall–Kier alpha value is -1.46.